The smallest absolute Gasteiger partial charge is 0.410 e. The molecule has 0 aromatic rings. The molecule has 3 unspecified atom stereocenters. The van der Waals surface area contributed by atoms with E-state index in [9.17, 15) is 9.90 Å². The third kappa shape index (κ3) is 2.25. The Bertz CT molecular complexity index is 271. The van der Waals surface area contributed by atoms with Crippen LogP contribution >= 0.6 is 0 Å². The van der Waals surface area contributed by atoms with Crippen molar-refractivity contribution in [3.63, 3.8) is 0 Å². The Kier molecular flexibility index (Phi) is 2.41. The first kappa shape index (κ1) is 10.7. The van der Waals surface area contributed by atoms with Gasteiger partial charge in [-0.25, -0.2) is 4.79 Å². The van der Waals surface area contributed by atoms with Crippen LogP contribution in [0.2, 0.25) is 0 Å². The topological polar surface area (TPSA) is 49.8 Å². The normalized spacial score (nSPS) is 34.7. The summed E-state index contributed by atoms with van der Waals surface area (Å²) in [6.45, 7) is 6.96. The lowest BCUT2D eigenvalue weighted by molar-refractivity contribution is 0.0206. The molecule has 4 nitrogen and oxygen atoms in total. The maximum atomic E-state index is 11.7. The van der Waals surface area contributed by atoms with Crippen LogP contribution in [0.15, 0.2) is 0 Å². The number of nitrogens with zero attached hydrogens (tertiary/aromatic N) is 1. The summed E-state index contributed by atoms with van der Waals surface area (Å²) in [5.74, 6) is 0.731. The average molecular weight is 213 g/mol. The predicted octanol–water partition coefficient (Wildman–Crippen LogP) is 1.23. The van der Waals surface area contributed by atoms with E-state index in [0.717, 1.165) is 6.42 Å². The first-order valence-electron chi connectivity index (χ1n) is 5.54. The summed E-state index contributed by atoms with van der Waals surface area (Å²) in [4.78, 5) is 13.4. The minimum absolute atomic E-state index is 0.183. The van der Waals surface area contributed by atoms with E-state index >= 15 is 0 Å². The van der Waals surface area contributed by atoms with Crippen molar-refractivity contribution >= 4 is 6.09 Å². The van der Waals surface area contributed by atoms with Gasteiger partial charge in [-0.1, -0.05) is 0 Å². The highest BCUT2D eigenvalue weighted by atomic mass is 16.6. The first-order valence-corrected chi connectivity index (χ1v) is 5.54. The molecule has 1 amide bonds. The van der Waals surface area contributed by atoms with Crippen LogP contribution in [0.4, 0.5) is 4.79 Å². The molecule has 4 heteroatoms. The highest BCUT2D eigenvalue weighted by Crippen LogP contribution is 2.45. The molecule has 1 aliphatic heterocycles. The van der Waals surface area contributed by atoms with Crippen LogP contribution in [0.3, 0.4) is 0 Å². The SMILES string of the molecule is CC(C)(C)OC(=O)N1CCC2C(O)C2C1. The Hall–Kier alpha value is -0.770. The first-order chi connectivity index (χ1) is 6.88. The van der Waals surface area contributed by atoms with E-state index < -0.39 is 5.60 Å². The molecule has 0 aromatic carbocycles. The highest BCUT2D eigenvalue weighted by molar-refractivity contribution is 5.68. The lowest BCUT2D eigenvalue weighted by atomic mass is 10.1. The zero-order valence-electron chi connectivity index (χ0n) is 9.56. The molecule has 86 valence electrons. The molecular formula is C11H19NO3. The molecule has 1 heterocycles. The van der Waals surface area contributed by atoms with Gasteiger partial charge < -0.3 is 14.7 Å². The third-order valence-electron chi connectivity index (χ3n) is 3.10. The molecule has 2 fully saturated rings. The Labute approximate surface area is 90.2 Å². The molecule has 0 aromatic heterocycles. The van der Waals surface area contributed by atoms with Gasteiger partial charge in [0.05, 0.1) is 6.10 Å². The van der Waals surface area contributed by atoms with Gasteiger partial charge in [0.25, 0.3) is 0 Å². The zero-order chi connectivity index (χ0) is 11.2. The molecule has 0 radical (unpaired) electrons. The van der Waals surface area contributed by atoms with Crippen molar-refractivity contribution in [3.8, 4) is 0 Å². The van der Waals surface area contributed by atoms with E-state index in [1.54, 1.807) is 4.90 Å². The van der Waals surface area contributed by atoms with Gasteiger partial charge in [0, 0.05) is 19.0 Å². The number of hydrogen-bond donors (Lipinski definition) is 1. The van der Waals surface area contributed by atoms with E-state index in [1.165, 1.54) is 0 Å². The van der Waals surface area contributed by atoms with Crippen molar-refractivity contribution in [1.29, 1.82) is 0 Å². The van der Waals surface area contributed by atoms with Crippen molar-refractivity contribution < 1.29 is 14.6 Å². The van der Waals surface area contributed by atoms with Gasteiger partial charge in [-0.3, -0.25) is 0 Å². The molecule has 1 aliphatic carbocycles. The molecule has 2 aliphatic rings. The van der Waals surface area contributed by atoms with Crippen molar-refractivity contribution in [2.45, 2.75) is 38.9 Å². The second-order valence-corrected chi connectivity index (χ2v) is 5.53. The molecule has 0 bridgehead atoms. The summed E-state index contributed by atoms with van der Waals surface area (Å²) >= 11 is 0. The number of carbonyl (C=O) groups is 1. The number of likely N-dealkylation sites (tertiary alicyclic amines) is 1. The van der Waals surface area contributed by atoms with Crippen molar-refractivity contribution in [2.24, 2.45) is 11.8 Å². The summed E-state index contributed by atoms with van der Waals surface area (Å²) < 4.78 is 5.28. The van der Waals surface area contributed by atoms with E-state index in [4.69, 9.17) is 4.74 Å². The van der Waals surface area contributed by atoms with Crippen molar-refractivity contribution in [1.82, 2.24) is 4.90 Å². The summed E-state index contributed by atoms with van der Waals surface area (Å²) in [5.41, 5.74) is -0.434. The van der Waals surface area contributed by atoms with Gasteiger partial charge in [0.15, 0.2) is 0 Å². The average Bonchev–Trinajstić information content (AvgIpc) is 2.74. The molecule has 0 spiro atoms. The van der Waals surface area contributed by atoms with Crippen molar-refractivity contribution in [3.05, 3.63) is 0 Å². The number of piperidine rings is 1. The number of hydrogen-bond acceptors (Lipinski definition) is 3. The molecule has 15 heavy (non-hydrogen) atoms. The van der Waals surface area contributed by atoms with Gasteiger partial charge in [-0.05, 0) is 33.1 Å². The molecular weight excluding hydrogens is 194 g/mol. The van der Waals surface area contributed by atoms with Crippen molar-refractivity contribution in [2.75, 3.05) is 13.1 Å². The van der Waals surface area contributed by atoms with Gasteiger partial charge >= 0.3 is 6.09 Å². The predicted molar refractivity (Wildman–Crippen MR) is 55.4 cm³/mol. The number of fused-ring (bicyclic) bond motifs is 1. The number of amides is 1. The van der Waals surface area contributed by atoms with Crippen LogP contribution in [-0.4, -0.2) is 40.9 Å². The molecule has 3 atom stereocenters. The second-order valence-electron chi connectivity index (χ2n) is 5.53. The second kappa shape index (κ2) is 3.37. The molecule has 1 saturated heterocycles. The Morgan fingerprint density at radius 2 is 2.07 bits per heavy atom. The fraction of sp³-hybridized carbons (Fsp3) is 0.909. The fourth-order valence-electron chi connectivity index (χ4n) is 2.20. The van der Waals surface area contributed by atoms with Crippen LogP contribution in [0.5, 0.6) is 0 Å². The molecule has 2 rings (SSSR count). The standard InChI is InChI=1S/C11H19NO3/c1-11(2,3)15-10(14)12-5-4-7-8(6-12)9(7)13/h7-9,13H,4-6H2,1-3H3. The number of rotatable bonds is 0. The summed E-state index contributed by atoms with van der Waals surface area (Å²) in [5, 5.41) is 9.48. The summed E-state index contributed by atoms with van der Waals surface area (Å²) in [6.07, 6.45) is 0.475. The summed E-state index contributed by atoms with van der Waals surface area (Å²) in [6, 6.07) is 0. The maximum Gasteiger partial charge on any atom is 0.410 e. The van der Waals surface area contributed by atoms with Crippen LogP contribution in [-0.2, 0) is 4.74 Å². The highest BCUT2D eigenvalue weighted by Gasteiger charge is 2.52. The van der Waals surface area contributed by atoms with Crippen LogP contribution in [0.1, 0.15) is 27.2 Å². The van der Waals surface area contributed by atoms with E-state index in [-0.39, 0.29) is 12.2 Å². The number of aliphatic hydroxyl groups is 1. The van der Waals surface area contributed by atoms with E-state index in [0.29, 0.717) is 24.9 Å². The number of ether oxygens (including phenoxy) is 1. The lowest BCUT2D eigenvalue weighted by Gasteiger charge is -2.29. The zero-order valence-corrected chi connectivity index (χ0v) is 9.56. The number of carbonyl (C=O) groups excluding carboxylic acids is 1. The Morgan fingerprint density at radius 3 is 2.60 bits per heavy atom. The van der Waals surface area contributed by atoms with Gasteiger partial charge in [0.2, 0.25) is 0 Å². The number of aliphatic hydroxyl groups excluding tert-OH is 1. The maximum absolute atomic E-state index is 11.7. The quantitative estimate of drug-likeness (QED) is 0.658. The molecule has 1 N–H and O–H groups in total. The minimum atomic E-state index is -0.434. The molecule has 1 saturated carbocycles. The minimum Gasteiger partial charge on any atom is -0.444 e. The summed E-state index contributed by atoms with van der Waals surface area (Å²) in [7, 11) is 0. The Morgan fingerprint density at radius 1 is 1.40 bits per heavy atom. The Balaban J connectivity index is 1.87. The van der Waals surface area contributed by atoms with Crippen LogP contribution in [0.25, 0.3) is 0 Å². The van der Waals surface area contributed by atoms with Crippen LogP contribution in [0, 0.1) is 11.8 Å². The van der Waals surface area contributed by atoms with Gasteiger partial charge in [0.1, 0.15) is 5.60 Å². The van der Waals surface area contributed by atoms with E-state index in [1.807, 2.05) is 20.8 Å². The van der Waals surface area contributed by atoms with Gasteiger partial charge in [-0.15, -0.1) is 0 Å². The third-order valence-corrected chi connectivity index (χ3v) is 3.10. The largest absolute Gasteiger partial charge is 0.444 e. The fourth-order valence-corrected chi connectivity index (χ4v) is 2.20. The monoisotopic (exact) mass is 213 g/mol. The van der Waals surface area contributed by atoms with E-state index in [2.05, 4.69) is 0 Å². The van der Waals surface area contributed by atoms with Crippen LogP contribution < -0.4 is 0 Å². The van der Waals surface area contributed by atoms with Gasteiger partial charge in [-0.2, -0.15) is 0 Å². The lowest BCUT2D eigenvalue weighted by Crippen LogP contribution is -2.40.